The zero-order valence-corrected chi connectivity index (χ0v) is 34.0. The quantitative estimate of drug-likeness (QED) is 0.188. The number of anilines is 4. The Kier molecular flexibility index (Phi) is 10.8. The van der Waals surface area contributed by atoms with Gasteiger partial charge in [0.05, 0.1) is 6.20 Å². The van der Waals surface area contributed by atoms with Crippen molar-refractivity contribution in [3.63, 3.8) is 0 Å². The van der Waals surface area contributed by atoms with Crippen LogP contribution in [0, 0.1) is 5.92 Å². The van der Waals surface area contributed by atoms with E-state index in [1.807, 2.05) is 29.2 Å². The number of rotatable bonds is 11. The first-order chi connectivity index (χ1) is 29.1. The van der Waals surface area contributed by atoms with E-state index in [1.165, 1.54) is 14.8 Å². The topological polar surface area (TPSA) is 197 Å². The Morgan fingerprint density at radius 3 is 2.33 bits per heavy atom. The minimum Gasteiger partial charge on any atom is -0.372 e. The highest BCUT2D eigenvalue weighted by Crippen LogP contribution is 2.33. The molecule has 4 aromatic rings. The molecule has 2 atom stereocenters. The first-order valence-corrected chi connectivity index (χ1v) is 21.2. The number of hydrogen-bond acceptors (Lipinski definition) is 12. The zero-order chi connectivity index (χ0) is 41.5. The third kappa shape index (κ3) is 7.97. The van der Waals surface area contributed by atoms with Gasteiger partial charge >= 0.3 is 5.69 Å². The lowest BCUT2D eigenvalue weighted by molar-refractivity contribution is -0.136. The second-order valence-electron chi connectivity index (χ2n) is 16.9. The molecular formula is C43H52N12O5. The van der Waals surface area contributed by atoms with Crippen molar-refractivity contribution in [2.75, 3.05) is 67.5 Å². The van der Waals surface area contributed by atoms with Crippen molar-refractivity contribution in [2.45, 2.75) is 69.4 Å². The Bertz CT molecular complexity index is 2330. The lowest BCUT2D eigenvalue weighted by Gasteiger charge is -2.43. The number of nitrogens with one attached hydrogen (secondary N) is 2. The number of hydrogen-bond donors (Lipinski definition) is 3. The van der Waals surface area contributed by atoms with E-state index >= 15 is 0 Å². The first-order valence-electron chi connectivity index (χ1n) is 21.2. The summed E-state index contributed by atoms with van der Waals surface area (Å²) in [7, 11) is 1.65. The number of nitrogens with zero attached hydrogens (tertiary/aromatic N) is 9. The van der Waals surface area contributed by atoms with E-state index in [2.05, 4.69) is 59.7 Å². The molecule has 2 aromatic heterocycles. The highest BCUT2D eigenvalue weighted by Gasteiger charge is 2.34. The first kappa shape index (κ1) is 39.4. The van der Waals surface area contributed by atoms with Crippen LogP contribution in [-0.4, -0.2) is 116 Å². The van der Waals surface area contributed by atoms with Gasteiger partial charge in [-0.2, -0.15) is 0 Å². The van der Waals surface area contributed by atoms with Gasteiger partial charge in [0.1, 0.15) is 11.9 Å². The van der Waals surface area contributed by atoms with Gasteiger partial charge in [-0.3, -0.25) is 29.1 Å². The maximum absolute atomic E-state index is 13.0. The molecule has 17 heteroatoms. The van der Waals surface area contributed by atoms with E-state index in [9.17, 15) is 24.0 Å². The van der Waals surface area contributed by atoms with Crippen LogP contribution in [0.15, 0.2) is 59.5 Å². The molecule has 0 spiro atoms. The van der Waals surface area contributed by atoms with Crippen LogP contribution >= 0.6 is 0 Å². The molecule has 7 heterocycles. The third-order valence-corrected chi connectivity index (χ3v) is 13.0. The normalized spacial score (nSPS) is 21.9. The van der Waals surface area contributed by atoms with Crippen molar-refractivity contribution in [2.24, 2.45) is 18.7 Å². The summed E-state index contributed by atoms with van der Waals surface area (Å²) in [5.74, 6) is 1.32. The fourth-order valence-electron chi connectivity index (χ4n) is 9.56. The number of piperidine rings is 3. The largest absolute Gasteiger partial charge is 0.372 e. The molecule has 4 amide bonds. The van der Waals surface area contributed by atoms with Crippen molar-refractivity contribution in [3.8, 4) is 11.4 Å². The summed E-state index contributed by atoms with van der Waals surface area (Å²) < 4.78 is 2.64. The molecule has 17 nitrogen and oxygen atoms in total. The Balaban J connectivity index is 0.749. The van der Waals surface area contributed by atoms with Gasteiger partial charge in [-0.1, -0.05) is 12.1 Å². The van der Waals surface area contributed by atoms with E-state index in [1.54, 1.807) is 13.2 Å². The second-order valence-corrected chi connectivity index (χ2v) is 16.9. The Morgan fingerprint density at radius 2 is 1.63 bits per heavy atom. The molecule has 0 radical (unpaired) electrons. The third-order valence-electron chi connectivity index (χ3n) is 13.0. The van der Waals surface area contributed by atoms with Crippen LogP contribution in [-0.2, 0) is 21.4 Å². The van der Waals surface area contributed by atoms with Crippen LogP contribution in [0.1, 0.15) is 79.4 Å². The summed E-state index contributed by atoms with van der Waals surface area (Å²) in [5.41, 5.74) is 9.40. The van der Waals surface area contributed by atoms with Gasteiger partial charge < -0.3 is 30.7 Å². The molecule has 0 aliphatic carbocycles. The zero-order valence-electron chi connectivity index (χ0n) is 34.0. The van der Waals surface area contributed by atoms with Crippen molar-refractivity contribution in [1.82, 2.24) is 39.4 Å². The highest BCUT2D eigenvalue weighted by atomic mass is 16.2. The average Bonchev–Trinajstić information content (AvgIpc) is 3.81. The van der Waals surface area contributed by atoms with Gasteiger partial charge in [-0.25, -0.2) is 19.4 Å². The summed E-state index contributed by atoms with van der Waals surface area (Å²) in [6, 6.07) is 15.7. The van der Waals surface area contributed by atoms with Gasteiger partial charge in [0, 0.05) is 101 Å². The molecule has 60 heavy (non-hydrogen) atoms. The second kappa shape index (κ2) is 16.5. The number of primary amides is 1. The standard InChI is InChI=1S/C43H52N12O5/c1-50-41(49-55(43(50)60)34-14-15-36(56)48-42(34)59)29-8-12-32(13-9-29)52-20-16-27(17-21-52)23-51-24-30(25-51)28-6-10-31(11-7-28)46-40-38(39(44)58)45-22-35(47-40)53-18-2-4-33(26-53)54-19-3-5-37(54)57/h6-13,22,27,30,33-34H,2-5,14-21,23-26H2,1H3,(H2,44,58)(H,46,47)(H,48,56,59)/t33-,34?/m0/s1. The van der Waals surface area contributed by atoms with Gasteiger partial charge in [0.2, 0.25) is 11.8 Å². The molecule has 5 fully saturated rings. The smallest absolute Gasteiger partial charge is 0.346 e. The molecule has 2 aromatic carbocycles. The SMILES string of the molecule is Cn1c(-c2ccc(N3CCC(CN4CC(c5ccc(Nc6nc(N7CCC[C@H](N8CCCC8=O)C7)cnc6C(N)=O)cc5)C4)CC3)cc2)nn(C2CCC(=O)NC2=O)c1=O. The predicted octanol–water partition coefficient (Wildman–Crippen LogP) is 2.77. The fourth-order valence-corrected chi connectivity index (χ4v) is 9.56. The summed E-state index contributed by atoms with van der Waals surface area (Å²) in [5, 5.41) is 10.1. The highest BCUT2D eigenvalue weighted by molar-refractivity contribution is 5.99. The van der Waals surface area contributed by atoms with Crippen molar-refractivity contribution < 1.29 is 19.2 Å². The van der Waals surface area contributed by atoms with E-state index in [-0.39, 0.29) is 42.1 Å². The monoisotopic (exact) mass is 816 g/mol. The Labute approximate surface area is 347 Å². The van der Waals surface area contributed by atoms with E-state index < -0.39 is 17.9 Å². The Morgan fingerprint density at radius 1 is 0.867 bits per heavy atom. The summed E-state index contributed by atoms with van der Waals surface area (Å²) in [6.45, 7) is 7.39. The van der Waals surface area contributed by atoms with Gasteiger partial charge in [0.25, 0.3) is 11.8 Å². The van der Waals surface area contributed by atoms with Crippen molar-refractivity contribution in [3.05, 3.63) is 76.5 Å². The molecule has 0 bridgehead atoms. The van der Waals surface area contributed by atoms with Crippen LogP contribution in [0.25, 0.3) is 11.4 Å². The average molecular weight is 817 g/mol. The number of carbonyl (C=O) groups is 4. The lowest BCUT2D eigenvalue weighted by Crippen LogP contribution is -2.48. The van der Waals surface area contributed by atoms with Crippen LogP contribution in [0.5, 0.6) is 0 Å². The summed E-state index contributed by atoms with van der Waals surface area (Å²) >= 11 is 0. The van der Waals surface area contributed by atoms with Crippen LogP contribution in [0.3, 0.4) is 0 Å². The number of nitrogens with two attached hydrogens (primary N) is 1. The molecule has 1 unspecified atom stereocenters. The van der Waals surface area contributed by atoms with Crippen LogP contribution < -0.4 is 31.9 Å². The van der Waals surface area contributed by atoms with Crippen LogP contribution in [0.2, 0.25) is 0 Å². The van der Waals surface area contributed by atoms with Gasteiger partial charge in [-0.15, -0.1) is 5.10 Å². The number of amides is 4. The van der Waals surface area contributed by atoms with E-state index in [0.29, 0.717) is 42.3 Å². The molecule has 9 rings (SSSR count). The lowest BCUT2D eigenvalue weighted by atomic mass is 9.88. The molecule has 5 saturated heterocycles. The summed E-state index contributed by atoms with van der Waals surface area (Å²) in [4.78, 5) is 80.0. The number of benzene rings is 2. The summed E-state index contributed by atoms with van der Waals surface area (Å²) in [6.07, 6.45) is 7.72. The minimum absolute atomic E-state index is 0.0904. The molecule has 4 N–H and O–H groups in total. The van der Waals surface area contributed by atoms with E-state index in [0.717, 1.165) is 94.9 Å². The fraction of sp³-hybridized carbons (Fsp3) is 0.488. The molecule has 5 aliphatic heterocycles. The predicted molar refractivity (Wildman–Crippen MR) is 225 cm³/mol. The minimum atomic E-state index is -0.798. The molecule has 0 saturated carbocycles. The Hall–Kier alpha value is -6.10. The van der Waals surface area contributed by atoms with Crippen LogP contribution in [0.4, 0.5) is 23.0 Å². The molecule has 5 aliphatic rings. The maximum atomic E-state index is 13.0. The maximum Gasteiger partial charge on any atom is 0.346 e. The van der Waals surface area contributed by atoms with Gasteiger partial charge in [-0.05, 0) is 86.4 Å². The molecule has 314 valence electrons. The van der Waals surface area contributed by atoms with Crippen molar-refractivity contribution >= 4 is 46.6 Å². The molecular weight excluding hydrogens is 765 g/mol. The van der Waals surface area contributed by atoms with Crippen molar-refractivity contribution in [1.29, 1.82) is 0 Å². The van der Waals surface area contributed by atoms with E-state index in [4.69, 9.17) is 10.7 Å². The number of imide groups is 1. The number of aromatic nitrogens is 5. The van der Waals surface area contributed by atoms with Gasteiger partial charge in [0.15, 0.2) is 17.3 Å². The number of carbonyl (C=O) groups excluding carboxylic acids is 4. The number of likely N-dealkylation sites (tertiary alicyclic amines) is 2.